The molecule has 7 heteroatoms. The van der Waals surface area contributed by atoms with E-state index in [1.54, 1.807) is 48.5 Å². The molecule has 0 aliphatic carbocycles. The van der Waals surface area contributed by atoms with Crippen LogP contribution < -0.4 is 0 Å². The molecular formula is C24H27NO6. The highest BCUT2D eigenvalue weighted by molar-refractivity contribution is 5.89. The van der Waals surface area contributed by atoms with Crippen molar-refractivity contribution in [2.24, 2.45) is 11.8 Å². The number of hydrogen-bond donors (Lipinski definition) is 1. The Bertz CT molecular complexity index is 901. The van der Waals surface area contributed by atoms with Gasteiger partial charge in [0.25, 0.3) is 0 Å². The Kier molecular flexibility index (Phi) is 7.41. The standard InChI is InChI=1S/C24H27NO6/c1-15-20(14-28-22(26)18-10-6-4-7-11-18)30-24(29-17(3)25)16(2)21(15)31-23(27)19-12-8-5-9-13-19/h4-13,15-16,20-21,24-25H,14H2,1-3H3. The zero-order valence-electron chi connectivity index (χ0n) is 17.8. The smallest absolute Gasteiger partial charge is 0.338 e. The molecule has 1 heterocycles. The average Bonchev–Trinajstić information content (AvgIpc) is 2.78. The van der Waals surface area contributed by atoms with Crippen molar-refractivity contribution in [3.63, 3.8) is 0 Å². The van der Waals surface area contributed by atoms with E-state index in [9.17, 15) is 9.59 Å². The summed E-state index contributed by atoms with van der Waals surface area (Å²) >= 11 is 0. The first kappa shape index (κ1) is 22.5. The van der Waals surface area contributed by atoms with Crippen LogP contribution in [0, 0.1) is 17.2 Å². The number of hydrogen-bond acceptors (Lipinski definition) is 7. The van der Waals surface area contributed by atoms with Crippen molar-refractivity contribution in [1.29, 1.82) is 5.41 Å². The molecular weight excluding hydrogens is 398 g/mol. The Morgan fingerprint density at radius 1 is 0.871 bits per heavy atom. The van der Waals surface area contributed by atoms with Crippen LogP contribution in [0.15, 0.2) is 60.7 Å². The molecule has 1 fully saturated rings. The molecule has 1 aliphatic heterocycles. The van der Waals surface area contributed by atoms with E-state index in [-0.39, 0.29) is 24.3 Å². The van der Waals surface area contributed by atoms with Gasteiger partial charge in [-0.25, -0.2) is 9.59 Å². The van der Waals surface area contributed by atoms with Crippen molar-refractivity contribution in [1.82, 2.24) is 0 Å². The molecule has 3 rings (SSSR count). The van der Waals surface area contributed by atoms with E-state index < -0.39 is 30.4 Å². The molecule has 2 aromatic rings. The predicted molar refractivity (Wildman–Crippen MR) is 114 cm³/mol. The lowest BCUT2D eigenvalue weighted by atomic mass is 9.85. The maximum atomic E-state index is 12.7. The number of rotatable bonds is 6. The molecule has 5 unspecified atom stereocenters. The van der Waals surface area contributed by atoms with Crippen LogP contribution in [0.4, 0.5) is 0 Å². The summed E-state index contributed by atoms with van der Waals surface area (Å²) in [5.74, 6) is -1.52. The summed E-state index contributed by atoms with van der Waals surface area (Å²) < 4.78 is 22.8. The Hall–Kier alpha value is -3.19. The van der Waals surface area contributed by atoms with E-state index in [1.165, 1.54) is 6.92 Å². The molecule has 2 aromatic carbocycles. The van der Waals surface area contributed by atoms with Gasteiger partial charge in [0.2, 0.25) is 6.29 Å². The fourth-order valence-corrected chi connectivity index (χ4v) is 3.56. The number of carbonyl (C=O) groups excluding carboxylic acids is 2. The molecule has 0 spiro atoms. The van der Waals surface area contributed by atoms with Crippen molar-refractivity contribution in [3.05, 3.63) is 71.8 Å². The molecule has 0 bridgehead atoms. The molecule has 31 heavy (non-hydrogen) atoms. The maximum Gasteiger partial charge on any atom is 0.338 e. The highest BCUT2D eigenvalue weighted by Crippen LogP contribution is 2.34. The van der Waals surface area contributed by atoms with E-state index in [0.717, 1.165) is 0 Å². The van der Waals surface area contributed by atoms with E-state index in [1.807, 2.05) is 26.0 Å². The van der Waals surface area contributed by atoms with Gasteiger partial charge >= 0.3 is 11.9 Å². The van der Waals surface area contributed by atoms with Crippen molar-refractivity contribution in [2.45, 2.75) is 39.3 Å². The summed E-state index contributed by atoms with van der Waals surface area (Å²) in [6, 6.07) is 17.4. The van der Waals surface area contributed by atoms with E-state index in [4.69, 9.17) is 24.4 Å². The van der Waals surface area contributed by atoms with Crippen molar-refractivity contribution in [3.8, 4) is 0 Å². The Balaban J connectivity index is 1.73. The molecule has 0 saturated carbocycles. The van der Waals surface area contributed by atoms with Crippen LogP contribution >= 0.6 is 0 Å². The first-order valence-electron chi connectivity index (χ1n) is 10.2. The molecule has 1 aliphatic rings. The summed E-state index contributed by atoms with van der Waals surface area (Å²) in [7, 11) is 0. The van der Waals surface area contributed by atoms with Crippen molar-refractivity contribution >= 4 is 17.8 Å². The Morgan fingerprint density at radius 3 is 1.97 bits per heavy atom. The minimum Gasteiger partial charge on any atom is -0.459 e. The zero-order chi connectivity index (χ0) is 22.4. The van der Waals surface area contributed by atoms with Gasteiger partial charge in [-0.05, 0) is 24.3 Å². The molecule has 0 aromatic heterocycles. The summed E-state index contributed by atoms with van der Waals surface area (Å²) in [5.41, 5.74) is 0.885. The summed E-state index contributed by atoms with van der Waals surface area (Å²) in [4.78, 5) is 25.0. The second kappa shape index (κ2) is 10.2. The Labute approximate surface area is 181 Å². The second-order valence-electron chi connectivity index (χ2n) is 7.64. The monoisotopic (exact) mass is 425 g/mol. The fraction of sp³-hybridized carbons (Fsp3) is 0.375. The maximum absolute atomic E-state index is 12.7. The molecule has 5 atom stereocenters. The first-order chi connectivity index (χ1) is 14.9. The number of nitrogens with one attached hydrogen (secondary N) is 1. The average molecular weight is 425 g/mol. The van der Waals surface area contributed by atoms with Crippen molar-refractivity contribution < 1.29 is 28.5 Å². The van der Waals surface area contributed by atoms with Crippen LogP contribution in [0.1, 0.15) is 41.5 Å². The van der Waals surface area contributed by atoms with E-state index in [0.29, 0.717) is 11.1 Å². The van der Waals surface area contributed by atoms with Gasteiger partial charge in [-0.1, -0.05) is 50.2 Å². The molecule has 1 saturated heterocycles. The molecule has 0 amide bonds. The van der Waals surface area contributed by atoms with Gasteiger partial charge in [0.1, 0.15) is 18.8 Å². The van der Waals surface area contributed by atoms with Gasteiger partial charge in [0.05, 0.1) is 17.0 Å². The normalized spacial score (nSPS) is 25.3. The van der Waals surface area contributed by atoms with Gasteiger partial charge in [-0.15, -0.1) is 0 Å². The van der Waals surface area contributed by atoms with Crippen LogP contribution in [-0.2, 0) is 18.9 Å². The van der Waals surface area contributed by atoms with Gasteiger partial charge in [0, 0.05) is 12.8 Å². The van der Waals surface area contributed by atoms with E-state index >= 15 is 0 Å². The topological polar surface area (TPSA) is 94.9 Å². The van der Waals surface area contributed by atoms with Crippen LogP contribution in [0.5, 0.6) is 0 Å². The highest BCUT2D eigenvalue weighted by Gasteiger charge is 2.45. The highest BCUT2D eigenvalue weighted by atomic mass is 16.7. The van der Waals surface area contributed by atoms with Crippen LogP contribution in [0.2, 0.25) is 0 Å². The third-order valence-corrected chi connectivity index (χ3v) is 5.29. The van der Waals surface area contributed by atoms with E-state index in [2.05, 4.69) is 0 Å². The minimum absolute atomic E-state index is 0.0143. The quantitative estimate of drug-likeness (QED) is 0.426. The van der Waals surface area contributed by atoms with Crippen molar-refractivity contribution in [2.75, 3.05) is 6.61 Å². The first-order valence-corrected chi connectivity index (χ1v) is 10.2. The number of carbonyl (C=O) groups is 2. The largest absolute Gasteiger partial charge is 0.459 e. The third kappa shape index (κ3) is 5.70. The number of esters is 2. The SMILES string of the molecule is CC(=N)OC1OC(COC(=O)c2ccccc2)C(C)C(OC(=O)c2ccccc2)C1C. The lowest BCUT2D eigenvalue weighted by Gasteiger charge is -2.43. The molecule has 0 radical (unpaired) electrons. The van der Waals surface area contributed by atoms with Crippen LogP contribution in [0.25, 0.3) is 0 Å². The van der Waals surface area contributed by atoms with Gasteiger partial charge in [-0.3, -0.25) is 5.41 Å². The van der Waals surface area contributed by atoms with Crippen LogP contribution in [0.3, 0.4) is 0 Å². The van der Waals surface area contributed by atoms with Gasteiger partial charge in [-0.2, -0.15) is 0 Å². The molecule has 1 N–H and O–H groups in total. The fourth-order valence-electron chi connectivity index (χ4n) is 3.56. The number of benzene rings is 2. The van der Waals surface area contributed by atoms with Crippen LogP contribution in [-0.4, -0.2) is 42.9 Å². The second-order valence-corrected chi connectivity index (χ2v) is 7.64. The molecule has 7 nitrogen and oxygen atoms in total. The summed E-state index contributed by atoms with van der Waals surface area (Å²) in [6.07, 6.45) is -1.92. The van der Waals surface area contributed by atoms with Gasteiger partial charge < -0.3 is 18.9 Å². The zero-order valence-corrected chi connectivity index (χ0v) is 17.8. The third-order valence-electron chi connectivity index (χ3n) is 5.29. The predicted octanol–water partition coefficient (Wildman–Crippen LogP) is 4.08. The minimum atomic E-state index is -0.803. The Morgan fingerprint density at radius 2 is 1.42 bits per heavy atom. The summed E-state index contributed by atoms with van der Waals surface area (Å²) in [5, 5.41) is 7.67. The summed E-state index contributed by atoms with van der Waals surface area (Å²) in [6.45, 7) is 5.20. The van der Waals surface area contributed by atoms with Gasteiger partial charge in [0.15, 0.2) is 5.90 Å². The number of ether oxygens (including phenoxy) is 4. The lowest BCUT2D eigenvalue weighted by molar-refractivity contribution is -0.241. The lowest BCUT2D eigenvalue weighted by Crippen LogP contribution is -2.53. The molecule has 164 valence electrons.